The number of aromatic hydroxyl groups is 1. The van der Waals surface area contributed by atoms with Crippen LogP contribution in [0.15, 0.2) is 60.7 Å². The van der Waals surface area contributed by atoms with Crippen LogP contribution in [0.25, 0.3) is 10.8 Å². The molecule has 3 rings (SSSR count). The van der Waals surface area contributed by atoms with Crippen LogP contribution in [0.1, 0.15) is 39.6 Å². The maximum absolute atomic E-state index is 12.5. The summed E-state index contributed by atoms with van der Waals surface area (Å²) in [5.41, 5.74) is 1.16. The molecule has 0 radical (unpaired) electrons. The Morgan fingerprint density at radius 1 is 0.846 bits per heavy atom. The van der Waals surface area contributed by atoms with Crippen LogP contribution in [0.5, 0.6) is 5.75 Å². The number of carbonyl (C=O) groups is 3. The third kappa shape index (κ3) is 3.86. The molecular weight excluding hydrogens is 328 g/mol. The van der Waals surface area contributed by atoms with Crippen molar-refractivity contribution in [3.8, 4) is 5.75 Å². The van der Waals surface area contributed by atoms with Crippen molar-refractivity contribution in [2.75, 3.05) is 0 Å². The van der Waals surface area contributed by atoms with Crippen molar-refractivity contribution in [1.82, 2.24) is 0 Å². The van der Waals surface area contributed by atoms with Gasteiger partial charge in [0.2, 0.25) is 0 Å². The zero-order valence-electron chi connectivity index (χ0n) is 14.4. The summed E-state index contributed by atoms with van der Waals surface area (Å²) in [4.78, 5) is 36.2. The number of hydrogen-bond acceptors (Lipinski definition) is 4. The van der Waals surface area contributed by atoms with Crippen molar-refractivity contribution in [1.29, 1.82) is 0 Å². The maximum Gasteiger partial charge on any atom is 0.174 e. The number of hydrogen-bond donors (Lipinski definition) is 1. The fourth-order valence-electron chi connectivity index (χ4n) is 2.91. The SMILES string of the molecule is CC(=O)Cc1ccc(O)c(C(=O)CC(=O)c2ccc3ccccc3c2)c1. The molecule has 0 saturated heterocycles. The van der Waals surface area contributed by atoms with E-state index in [9.17, 15) is 19.5 Å². The number of phenols is 1. The molecule has 0 aromatic heterocycles. The average Bonchev–Trinajstić information content (AvgIpc) is 2.62. The van der Waals surface area contributed by atoms with E-state index in [1.807, 2.05) is 30.3 Å². The summed E-state index contributed by atoms with van der Waals surface area (Å²) in [5, 5.41) is 11.9. The highest BCUT2D eigenvalue weighted by Crippen LogP contribution is 2.22. The lowest BCUT2D eigenvalue weighted by Crippen LogP contribution is -2.09. The van der Waals surface area contributed by atoms with E-state index in [1.54, 1.807) is 18.2 Å². The monoisotopic (exact) mass is 346 g/mol. The van der Waals surface area contributed by atoms with Gasteiger partial charge >= 0.3 is 0 Å². The normalized spacial score (nSPS) is 10.7. The number of fused-ring (bicyclic) bond motifs is 1. The van der Waals surface area contributed by atoms with Crippen molar-refractivity contribution >= 4 is 28.1 Å². The fraction of sp³-hybridized carbons (Fsp3) is 0.136. The summed E-state index contributed by atoms with van der Waals surface area (Å²) in [7, 11) is 0. The van der Waals surface area contributed by atoms with Gasteiger partial charge in [0, 0.05) is 12.0 Å². The first kappa shape index (κ1) is 17.5. The Kier molecular flexibility index (Phi) is 4.94. The van der Waals surface area contributed by atoms with Crippen LogP contribution in [-0.4, -0.2) is 22.5 Å². The minimum absolute atomic E-state index is 0.0404. The van der Waals surface area contributed by atoms with Crippen molar-refractivity contribution in [2.45, 2.75) is 19.8 Å². The Labute approximate surface area is 151 Å². The van der Waals surface area contributed by atoms with Crippen LogP contribution in [-0.2, 0) is 11.2 Å². The summed E-state index contributed by atoms with van der Waals surface area (Å²) < 4.78 is 0. The summed E-state index contributed by atoms with van der Waals surface area (Å²) in [6, 6.07) is 17.4. The van der Waals surface area contributed by atoms with Gasteiger partial charge in [0.25, 0.3) is 0 Å². The molecule has 0 aliphatic rings. The molecule has 130 valence electrons. The second-order valence-electron chi connectivity index (χ2n) is 6.32. The molecule has 4 nitrogen and oxygen atoms in total. The number of phenolic OH excluding ortho intramolecular Hbond substituents is 1. The van der Waals surface area contributed by atoms with Crippen LogP contribution in [0.2, 0.25) is 0 Å². The van der Waals surface area contributed by atoms with E-state index < -0.39 is 5.78 Å². The van der Waals surface area contributed by atoms with Gasteiger partial charge in [-0.25, -0.2) is 0 Å². The molecule has 0 aliphatic heterocycles. The highest BCUT2D eigenvalue weighted by atomic mass is 16.3. The van der Waals surface area contributed by atoms with Crippen LogP contribution in [0, 0.1) is 0 Å². The first-order valence-electron chi connectivity index (χ1n) is 8.30. The third-order valence-corrected chi connectivity index (χ3v) is 4.21. The zero-order valence-corrected chi connectivity index (χ0v) is 14.4. The quantitative estimate of drug-likeness (QED) is 0.538. The molecular formula is C22H18O4. The molecule has 0 atom stereocenters. The van der Waals surface area contributed by atoms with E-state index >= 15 is 0 Å². The Morgan fingerprint density at radius 2 is 1.58 bits per heavy atom. The van der Waals surface area contributed by atoms with Crippen LogP contribution >= 0.6 is 0 Å². The summed E-state index contributed by atoms with van der Waals surface area (Å²) in [6.07, 6.45) is -0.158. The van der Waals surface area contributed by atoms with E-state index in [-0.39, 0.29) is 35.7 Å². The lowest BCUT2D eigenvalue weighted by Gasteiger charge is -2.07. The number of ketones is 3. The predicted molar refractivity (Wildman–Crippen MR) is 99.7 cm³/mol. The molecule has 3 aromatic carbocycles. The first-order valence-corrected chi connectivity index (χ1v) is 8.30. The number of Topliss-reactive ketones (excluding diaryl/α,β-unsaturated/α-hetero) is 3. The molecule has 0 heterocycles. The van der Waals surface area contributed by atoms with E-state index in [0.29, 0.717) is 11.1 Å². The molecule has 0 unspecified atom stereocenters. The van der Waals surface area contributed by atoms with Gasteiger partial charge in [-0.1, -0.05) is 42.5 Å². The van der Waals surface area contributed by atoms with E-state index in [4.69, 9.17) is 0 Å². The molecule has 3 aromatic rings. The number of benzene rings is 3. The van der Waals surface area contributed by atoms with Crippen LogP contribution < -0.4 is 0 Å². The summed E-state index contributed by atoms with van der Waals surface area (Å²) in [5.74, 6) is -1.00. The smallest absolute Gasteiger partial charge is 0.174 e. The highest BCUT2D eigenvalue weighted by Gasteiger charge is 2.18. The van der Waals surface area contributed by atoms with Crippen molar-refractivity contribution in [2.24, 2.45) is 0 Å². The molecule has 4 heteroatoms. The van der Waals surface area contributed by atoms with Gasteiger partial charge in [-0.15, -0.1) is 0 Å². The minimum Gasteiger partial charge on any atom is -0.507 e. The van der Waals surface area contributed by atoms with Gasteiger partial charge in [0.15, 0.2) is 11.6 Å². The second kappa shape index (κ2) is 7.31. The Hall–Kier alpha value is -3.27. The Morgan fingerprint density at radius 3 is 2.31 bits per heavy atom. The van der Waals surface area contributed by atoms with Crippen molar-refractivity contribution in [3.63, 3.8) is 0 Å². The molecule has 0 bridgehead atoms. The summed E-state index contributed by atoms with van der Waals surface area (Å²) in [6.45, 7) is 1.46. The molecule has 0 fully saturated rings. The van der Waals surface area contributed by atoms with Crippen molar-refractivity contribution < 1.29 is 19.5 Å². The van der Waals surface area contributed by atoms with Gasteiger partial charge in [-0.3, -0.25) is 14.4 Å². The highest BCUT2D eigenvalue weighted by molar-refractivity contribution is 6.15. The maximum atomic E-state index is 12.5. The second-order valence-corrected chi connectivity index (χ2v) is 6.32. The first-order chi connectivity index (χ1) is 12.4. The average molecular weight is 346 g/mol. The van der Waals surface area contributed by atoms with Crippen LogP contribution in [0.4, 0.5) is 0 Å². The van der Waals surface area contributed by atoms with Gasteiger partial charge < -0.3 is 5.11 Å². The number of carbonyl (C=O) groups excluding carboxylic acids is 3. The molecule has 0 spiro atoms. The van der Waals surface area contributed by atoms with Gasteiger partial charge in [-0.05, 0) is 41.5 Å². The molecule has 0 amide bonds. The largest absolute Gasteiger partial charge is 0.507 e. The van der Waals surface area contributed by atoms with Gasteiger partial charge in [0.05, 0.1) is 12.0 Å². The Balaban J connectivity index is 1.82. The molecule has 26 heavy (non-hydrogen) atoms. The van der Waals surface area contributed by atoms with Gasteiger partial charge in [0.1, 0.15) is 11.5 Å². The minimum atomic E-state index is -0.467. The van der Waals surface area contributed by atoms with E-state index in [0.717, 1.165) is 10.8 Å². The summed E-state index contributed by atoms with van der Waals surface area (Å²) >= 11 is 0. The van der Waals surface area contributed by atoms with E-state index in [1.165, 1.54) is 19.1 Å². The standard InChI is InChI=1S/C22H18O4/c1-14(23)10-15-6-9-20(24)19(11-15)22(26)13-21(25)18-8-7-16-4-2-3-5-17(16)12-18/h2-9,11-12,24H,10,13H2,1H3. The third-order valence-electron chi connectivity index (χ3n) is 4.21. The molecule has 1 N–H and O–H groups in total. The van der Waals surface area contributed by atoms with E-state index in [2.05, 4.69) is 0 Å². The van der Waals surface area contributed by atoms with Crippen LogP contribution in [0.3, 0.4) is 0 Å². The lowest BCUT2D eigenvalue weighted by atomic mass is 9.97. The molecule has 0 saturated carbocycles. The van der Waals surface area contributed by atoms with Crippen molar-refractivity contribution in [3.05, 3.63) is 77.4 Å². The Bertz CT molecular complexity index is 1020. The predicted octanol–water partition coefficient (Wildman–Crippen LogP) is 4.13. The number of rotatable bonds is 6. The lowest BCUT2D eigenvalue weighted by molar-refractivity contribution is -0.116. The zero-order chi connectivity index (χ0) is 18.7. The molecule has 0 aliphatic carbocycles. The van der Waals surface area contributed by atoms with Gasteiger partial charge in [-0.2, -0.15) is 0 Å². The fourth-order valence-corrected chi connectivity index (χ4v) is 2.91. The topological polar surface area (TPSA) is 71.4 Å².